The zero-order chi connectivity index (χ0) is 15.4. The lowest BCUT2D eigenvalue weighted by molar-refractivity contribution is 0.475. The van der Waals surface area contributed by atoms with Gasteiger partial charge in [-0.3, -0.25) is 4.98 Å². The molecule has 6 nitrogen and oxygen atoms in total. The van der Waals surface area contributed by atoms with Crippen molar-refractivity contribution in [1.82, 2.24) is 15.0 Å². The van der Waals surface area contributed by atoms with Gasteiger partial charge < -0.3 is 16.2 Å². The van der Waals surface area contributed by atoms with Crippen molar-refractivity contribution in [2.24, 2.45) is 0 Å². The van der Waals surface area contributed by atoms with Gasteiger partial charge in [-0.15, -0.1) is 0 Å². The highest BCUT2D eigenvalue weighted by Gasteiger charge is 2.07. The summed E-state index contributed by atoms with van der Waals surface area (Å²) in [6.07, 6.45) is 3.37. The second-order valence-corrected chi connectivity index (χ2v) is 4.72. The van der Waals surface area contributed by atoms with Crippen molar-refractivity contribution in [3.8, 4) is 16.9 Å². The molecule has 22 heavy (non-hydrogen) atoms. The molecule has 0 atom stereocenters. The molecule has 0 fully saturated rings. The molecule has 0 radical (unpaired) electrons. The highest BCUT2D eigenvalue weighted by atomic mass is 16.3. The first-order valence-corrected chi connectivity index (χ1v) is 6.78. The number of nitrogen functional groups attached to an aromatic ring is 1. The number of phenolic OH excluding ortho intramolecular Hbond substituents is 1. The second-order valence-electron chi connectivity index (χ2n) is 4.72. The molecular formula is C16H15N5O. The van der Waals surface area contributed by atoms with E-state index in [1.165, 1.54) is 0 Å². The van der Waals surface area contributed by atoms with E-state index < -0.39 is 0 Å². The Labute approximate surface area is 127 Å². The van der Waals surface area contributed by atoms with Crippen molar-refractivity contribution >= 4 is 11.8 Å². The standard InChI is InChI=1S/C16H15N5O/c17-15-14(11-4-3-6-13(22)8-11)10-20-16(21-15)19-9-12-5-1-2-7-18-12/h1-8,10,22H,9H2,(H3,17,19,20,21). The molecule has 0 unspecified atom stereocenters. The molecule has 0 amide bonds. The Morgan fingerprint density at radius 3 is 2.73 bits per heavy atom. The molecule has 0 bridgehead atoms. The number of benzene rings is 1. The molecule has 0 saturated heterocycles. The van der Waals surface area contributed by atoms with Crippen LogP contribution in [-0.2, 0) is 6.54 Å². The molecule has 110 valence electrons. The lowest BCUT2D eigenvalue weighted by Crippen LogP contribution is -2.07. The molecule has 0 aliphatic rings. The van der Waals surface area contributed by atoms with Crippen LogP contribution in [0, 0.1) is 0 Å². The van der Waals surface area contributed by atoms with Crippen LogP contribution in [0.1, 0.15) is 5.69 Å². The zero-order valence-corrected chi connectivity index (χ0v) is 11.8. The summed E-state index contributed by atoms with van der Waals surface area (Å²) < 4.78 is 0. The molecule has 1 aromatic carbocycles. The first-order valence-electron chi connectivity index (χ1n) is 6.78. The maximum absolute atomic E-state index is 9.53. The van der Waals surface area contributed by atoms with Gasteiger partial charge in [0.2, 0.25) is 5.95 Å². The smallest absolute Gasteiger partial charge is 0.224 e. The maximum Gasteiger partial charge on any atom is 0.224 e. The average molecular weight is 293 g/mol. The Kier molecular flexibility index (Phi) is 3.82. The van der Waals surface area contributed by atoms with Gasteiger partial charge in [-0.2, -0.15) is 4.98 Å². The number of hydrogen-bond donors (Lipinski definition) is 3. The van der Waals surface area contributed by atoms with Crippen LogP contribution in [0.5, 0.6) is 5.75 Å². The molecule has 3 rings (SSSR count). The van der Waals surface area contributed by atoms with Gasteiger partial charge in [0.05, 0.1) is 12.2 Å². The molecule has 3 aromatic rings. The van der Waals surface area contributed by atoms with Gasteiger partial charge >= 0.3 is 0 Å². The van der Waals surface area contributed by atoms with Crippen molar-refractivity contribution in [2.75, 3.05) is 11.1 Å². The summed E-state index contributed by atoms with van der Waals surface area (Å²) in [7, 11) is 0. The van der Waals surface area contributed by atoms with Crippen molar-refractivity contribution in [1.29, 1.82) is 0 Å². The van der Waals surface area contributed by atoms with E-state index in [-0.39, 0.29) is 5.75 Å². The molecule has 4 N–H and O–H groups in total. The van der Waals surface area contributed by atoms with Gasteiger partial charge in [-0.05, 0) is 29.8 Å². The Bertz CT molecular complexity index is 776. The van der Waals surface area contributed by atoms with Crippen LogP contribution in [0.15, 0.2) is 54.9 Å². The minimum absolute atomic E-state index is 0.175. The fourth-order valence-corrected chi connectivity index (χ4v) is 2.05. The predicted molar refractivity (Wildman–Crippen MR) is 85.1 cm³/mol. The number of anilines is 2. The molecule has 0 aliphatic heterocycles. The number of hydrogen-bond acceptors (Lipinski definition) is 6. The number of rotatable bonds is 4. The van der Waals surface area contributed by atoms with E-state index in [9.17, 15) is 5.11 Å². The van der Waals surface area contributed by atoms with Gasteiger partial charge in [0.1, 0.15) is 11.6 Å². The van der Waals surface area contributed by atoms with E-state index in [0.717, 1.165) is 11.3 Å². The quantitative estimate of drug-likeness (QED) is 0.683. The monoisotopic (exact) mass is 293 g/mol. The van der Waals surface area contributed by atoms with E-state index in [2.05, 4.69) is 20.3 Å². The van der Waals surface area contributed by atoms with Gasteiger partial charge in [0.15, 0.2) is 0 Å². The summed E-state index contributed by atoms with van der Waals surface area (Å²) in [6, 6.07) is 12.5. The number of phenols is 1. The van der Waals surface area contributed by atoms with E-state index in [4.69, 9.17) is 5.73 Å². The summed E-state index contributed by atoms with van der Waals surface area (Å²) in [5, 5.41) is 12.6. The molecule has 2 aromatic heterocycles. The number of nitrogens with zero attached hydrogens (tertiary/aromatic N) is 3. The van der Waals surface area contributed by atoms with Crippen molar-refractivity contribution in [3.05, 3.63) is 60.6 Å². The summed E-state index contributed by atoms with van der Waals surface area (Å²) in [5.74, 6) is 0.963. The summed E-state index contributed by atoms with van der Waals surface area (Å²) in [5.41, 5.74) is 8.33. The Morgan fingerprint density at radius 1 is 1.09 bits per heavy atom. The number of aromatic hydroxyl groups is 1. The Hall–Kier alpha value is -3.15. The van der Waals surface area contributed by atoms with Crippen LogP contribution in [0.4, 0.5) is 11.8 Å². The average Bonchev–Trinajstić information content (AvgIpc) is 2.54. The van der Waals surface area contributed by atoms with Crippen LogP contribution >= 0.6 is 0 Å². The van der Waals surface area contributed by atoms with Crippen LogP contribution in [0.3, 0.4) is 0 Å². The van der Waals surface area contributed by atoms with Crippen LogP contribution in [0.2, 0.25) is 0 Å². The van der Waals surface area contributed by atoms with Gasteiger partial charge in [0, 0.05) is 18.0 Å². The highest BCUT2D eigenvalue weighted by molar-refractivity contribution is 5.74. The SMILES string of the molecule is Nc1nc(NCc2ccccn2)ncc1-c1cccc(O)c1. The molecular weight excluding hydrogens is 278 g/mol. The Balaban J connectivity index is 1.77. The molecule has 0 spiro atoms. The number of nitrogens with one attached hydrogen (secondary N) is 1. The normalized spacial score (nSPS) is 10.4. The van der Waals surface area contributed by atoms with E-state index in [1.54, 1.807) is 30.6 Å². The number of aromatic nitrogens is 3. The fourth-order valence-electron chi connectivity index (χ4n) is 2.05. The third-order valence-corrected chi connectivity index (χ3v) is 3.13. The minimum atomic E-state index is 0.175. The first-order chi connectivity index (χ1) is 10.7. The summed E-state index contributed by atoms with van der Waals surface area (Å²) in [4.78, 5) is 12.7. The largest absolute Gasteiger partial charge is 0.508 e. The summed E-state index contributed by atoms with van der Waals surface area (Å²) >= 11 is 0. The van der Waals surface area contributed by atoms with Crippen molar-refractivity contribution in [2.45, 2.75) is 6.54 Å². The van der Waals surface area contributed by atoms with Gasteiger partial charge in [-0.25, -0.2) is 4.98 Å². The topological polar surface area (TPSA) is 97.0 Å². The molecule has 0 saturated carbocycles. The second kappa shape index (κ2) is 6.09. The number of nitrogens with two attached hydrogens (primary N) is 1. The van der Waals surface area contributed by atoms with Crippen molar-refractivity contribution < 1.29 is 5.11 Å². The molecule has 0 aliphatic carbocycles. The third kappa shape index (κ3) is 3.12. The lowest BCUT2D eigenvalue weighted by Gasteiger charge is -2.08. The lowest BCUT2D eigenvalue weighted by atomic mass is 10.1. The first kappa shape index (κ1) is 13.8. The Morgan fingerprint density at radius 2 is 2.00 bits per heavy atom. The predicted octanol–water partition coefficient (Wildman–Crippen LogP) is 2.44. The van der Waals surface area contributed by atoms with Crippen LogP contribution in [-0.4, -0.2) is 20.1 Å². The van der Waals surface area contributed by atoms with E-state index in [1.807, 2.05) is 24.3 Å². The van der Waals surface area contributed by atoms with Gasteiger partial charge in [-0.1, -0.05) is 18.2 Å². The van der Waals surface area contributed by atoms with Gasteiger partial charge in [0.25, 0.3) is 0 Å². The number of pyridine rings is 1. The van der Waals surface area contributed by atoms with Crippen LogP contribution in [0.25, 0.3) is 11.1 Å². The zero-order valence-electron chi connectivity index (χ0n) is 11.8. The van der Waals surface area contributed by atoms with Crippen LogP contribution < -0.4 is 11.1 Å². The highest BCUT2D eigenvalue weighted by Crippen LogP contribution is 2.27. The van der Waals surface area contributed by atoms with Crippen molar-refractivity contribution in [3.63, 3.8) is 0 Å². The third-order valence-electron chi connectivity index (χ3n) is 3.13. The maximum atomic E-state index is 9.53. The molecule has 6 heteroatoms. The molecule has 2 heterocycles. The summed E-state index contributed by atoms with van der Waals surface area (Å²) in [6.45, 7) is 0.520. The minimum Gasteiger partial charge on any atom is -0.508 e. The van der Waals surface area contributed by atoms with E-state index in [0.29, 0.717) is 23.9 Å². The fraction of sp³-hybridized carbons (Fsp3) is 0.0625. The van der Waals surface area contributed by atoms with E-state index >= 15 is 0 Å².